The van der Waals surface area contributed by atoms with Crippen LogP contribution in [0.25, 0.3) is 0 Å². The van der Waals surface area contributed by atoms with E-state index >= 15 is 0 Å². The molecule has 0 aromatic carbocycles. The van der Waals surface area contributed by atoms with E-state index in [9.17, 15) is 9.59 Å². The van der Waals surface area contributed by atoms with Crippen molar-refractivity contribution in [2.75, 3.05) is 19.7 Å². The number of nitrogens with zero attached hydrogens (tertiary/aromatic N) is 1. The second-order valence-corrected chi connectivity index (χ2v) is 5.74. The highest BCUT2D eigenvalue weighted by atomic mass is 16.5. The minimum atomic E-state index is -0.436. The first-order valence-electron chi connectivity index (χ1n) is 7.92. The third-order valence-corrected chi connectivity index (χ3v) is 4.45. The molecule has 0 spiro atoms. The Morgan fingerprint density at radius 2 is 1.95 bits per heavy atom. The van der Waals surface area contributed by atoms with Crippen LogP contribution in [0.2, 0.25) is 0 Å². The normalized spacial score (nSPS) is 25.8. The van der Waals surface area contributed by atoms with Crippen molar-refractivity contribution >= 4 is 12.0 Å². The molecule has 1 saturated carbocycles. The number of hydrogen-bond donors (Lipinski definition) is 1. The summed E-state index contributed by atoms with van der Waals surface area (Å²) in [5, 5.41) is 2.62. The summed E-state index contributed by atoms with van der Waals surface area (Å²) < 4.78 is 4.78. The predicted octanol–water partition coefficient (Wildman–Crippen LogP) is 2.30. The summed E-state index contributed by atoms with van der Waals surface area (Å²) in [6.45, 7) is 3.38. The second kappa shape index (κ2) is 7.50. The van der Waals surface area contributed by atoms with Gasteiger partial charge in [-0.25, -0.2) is 4.79 Å². The van der Waals surface area contributed by atoms with E-state index < -0.39 is 6.09 Å². The maximum atomic E-state index is 12.3. The first kappa shape index (κ1) is 15.1. The van der Waals surface area contributed by atoms with Crippen LogP contribution in [0, 0.1) is 5.92 Å². The lowest BCUT2D eigenvalue weighted by molar-refractivity contribution is -0.137. The second-order valence-electron chi connectivity index (χ2n) is 5.74. The van der Waals surface area contributed by atoms with Gasteiger partial charge in [-0.1, -0.05) is 12.8 Å². The molecule has 0 radical (unpaired) electrons. The van der Waals surface area contributed by atoms with Crippen molar-refractivity contribution in [2.24, 2.45) is 5.92 Å². The van der Waals surface area contributed by atoms with Gasteiger partial charge in [-0.05, 0) is 38.5 Å². The van der Waals surface area contributed by atoms with Crippen LogP contribution in [-0.4, -0.2) is 42.6 Å². The van der Waals surface area contributed by atoms with E-state index in [2.05, 4.69) is 10.2 Å². The van der Waals surface area contributed by atoms with Gasteiger partial charge in [-0.15, -0.1) is 0 Å². The maximum Gasteiger partial charge on any atom is 0.407 e. The van der Waals surface area contributed by atoms with Gasteiger partial charge in [0.25, 0.3) is 0 Å². The summed E-state index contributed by atoms with van der Waals surface area (Å²) >= 11 is 0. The summed E-state index contributed by atoms with van der Waals surface area (Å²) in [7, 11) is 0. The molecule has 2 aliphatic rings. The highest BCUT2D eigenvalue weighted by Crippen LogP contribution is 2.35. The topological polar surface area (TPSA) is 58.6 Å². The highest BCUT2D eigenvalue weighted by Gasteiger charge is 2.35. The molecule has 2 atom stereocenters. The third kappa shape index (κ3) is 3.87. The molecular formula is C15H26N2O3. The fraction of sp³-hybridized carbons (Fsp3) is 0.867. The molecule has 114 valence electrons. The van der Waals surface area contributed by atoms with Gasteiger partial charge in [0.1, 0.15) is 0 Å². The van der Waals surface area contributed by atoms with Crippen molar-refractivity contribution in [3.8, 4) is 0 Å². The standard InChI is InChI=1S/C15H26N2O3/c1-2-20-15(19)16-10-9-14(18)17-11-5-7-12-6-3-4-8-13(12)17/h12-13H,2-11H2,1H3,(H,16,19)/t12-,13-/m0/s1. The highest BCUT2D eigenvalue weighted by molar-refractivity contribution is 5.77. The molecule has 0 aromatic rings. The van der Waals surface area contributed by atoms with Gasteiger partial charge >= 0.3 is 6.09 Å². The van der Waals surface area contributed by atoms with Crippen LogP contribution in [-0.2, 0) is 9.53 Å². The first-order chi connectivity index (χ1) is 9.72. The average molecular weight is 282 g/mol. The summed E-state index contributed by atoms with van der Waals surface area (Å²) in [5.74, 6) is 0.887. The van der Waals surface area contributed by atoms with Crippen LogP contribution in [0.15, 0.2) is 0 Å². The number of likely N-dealkylation sites (tertiary alicyclic amines) is 1. The number of piperidine rings is 1. The zero-order valence-corrected chi connectivity index (χ0v) is 12.4. The van der Waals surface area contributed by atoms with E-state index in [0.29, 0.717) is 31.5 Å². The Labute approximate surface area is 121 Å². The molecule has 0 bridgehead atoms. The number of ether oxygens (including phenoxy) is 1. The Kier molecular flexibility index (Phi) is 5.68. The quantitative estimate of drug-likeness (QED) is 0.860. The Balaban J connectivity index is 1.77. The Morgan fingerprint density at radius 1 is 1.20 bits per heavy atom. The van der Waals surface area contributed by atoms with Gasteiger partial charge in [0, 0.05) is 25.6 Å². The van der Waals surface area contributed by atoms with Crippen molar-refractivity contribution in [2.45, 2.75) is 57.9 Å². The SMILES string of the molecule is CCOC(=O)NCCC(=O)N1CCC[C@@H]2CCCC[C@@H]21. The van der Waals surface area contributed by atoms with Gasteiger partial charge in [0.15, 0.2) is 0 Å². The number of hydrogen-bond acceptors (Lipinski definition) is 3. The maximum absolute atomic E-state index is 12.3. The van der Waals surface area contributed by atoms with Crippen molar-refractivity contribution < 1.29 is 14.3 Å². The zero-order chi connectivity index (χ0) is 14.4. The molecule has 1 aliphatic carbocycles. The molecule has 2 amide bonds. The largest absolute Gasteiger partial charge is 0.450 e. The smallest absolute Gasteiger partial charge is 0.407 e. The number of carbonyl (C=O) groups is 2. The summed E-state index contributed by atoms with van der Waals surface area (Å²) in [4.78, 5) is 25.6. The lowest BCUT2D eigenvalue weighted by Gasteiger charge is -2.44. The molecule has 20 heavy (non-hydrogen) atoms. The average Bonchev–Trinajstić information content (AvgIpc) is 2.47. The van der Waals surface area contributed by atoms with Crippen LogP contribution in [0.4, 0.5) is 4.79 Å². The number of rotatable bonds is 4. The Hall–Kier alpha value is -1.26. The fourth-order valence-electron chi connectivity index (χ4n) is 3.53. The predicted molar refractivity (Wildman–Crippen MR) is 76.3 cm³/mol. The van der Waals surface area contributed by atoms with E-state index in [1.54, 1.807) is 6.92 Å². The van der Waals surface area contributed by atoms with Crippen LogP contribution >= 0.6 is 0 Å². The fourth-order valence-corrected chi connectivity index (χ4v) is 3.53. The molecule has 1 aliphatic heterocycles. The third-order valence-electron chi connectivity index (χ3n) is 4.45. The molecule has 5 heteroatoms. The van der Waals surface area contributed by atoms with Crippen LogP contribution in [0.1, 0.15) is 51.9 Å². The lowest BCUT2D eigenvalue weighted by Crippen LogP contribution is -2.50. The van der Waals surface area contributed by atoms with Gasteiger partial charge in [-0.2, -0.15) is 0 Å². The van der Waals surface area contributed by atoms with Crippen LogP contribution in [0.3, 0.4) is 0 Å². The number of alkyl carbamates (subject to hydrolysis) is 1. The minimum Gasteiger partial charge on any atom is -0.450 e. The van der Waals surface area contributed by atoms with Crippen molar-refractivity contribution in [3.63, 3.8) is 0 Å². The molecule has 0 aromatic heterocycles. The van der Waals surface area contributed by atoms with Gasteiger partial charge in [0.05, 0.1) is 6.61 Å². The molecular weight excluding hydrogens is 256 g/mol. The number of carbonyl (C=O) groups excluding carboxylic acids is 2. The molecule has 0 unspecified atom stereocenters. The molecule has 2 rings (SSSR count). The van der Waals surface area contributed by atoms with Crippen LogP contribution < -0.4 is 5.32 Å². The Bertz CT molecular complexity index is 344. The first-order valence-corrected chi connectivity index (χ1v) is 7.92. The van der Waals surface area contributed by atoms with Gasteiger partial charge < -0.3 is 15.0 Å². The van der Waals surface area contributed by atoms with E-state index in [-0.39, 0.29) is 5.91 Å². The van der Waals surface area contributed by atoms with Crippen molar-refractivity contribution in [1.29, 1.82) is 0 Å². The van der Waals surface area contributed by atoms with Crippen LogP contribution in [0.5, 0.6) is 0 Å². The summed E-state index contributed by atoms with van der Waals surface area (Å²) in [6, 6.07) is 0.451. The van der Waals surface area contributed by atoms with E-state index in [1.165, 1.54) is 25.7 Å². The van der Waals surface area contributed by atoms with E-state index in [0.717, 1.165) is 19.4 Å². The zero-order valence-electron chi connectivity index (χ0n) is 12.4. The van der Waals surface area contributed by atoms with Gasteiger partial charge in [-0.3, -0.25) is 4.79 Å². The van der Waals surface area contributed by atoms with E-state index in [1.807, 2.05) is 0 Å². The van der Waals surface area contributed by atoms with Gasteiger partial charge in [0.2, 0.25) is 5.91 Å². The summed E-state index contributed by atoms with van der Waals surface area (Å²) in [6.07, 6.45) is 7.32. The van der Waals surface area contributed by atoms with Crippen molar-refractivity contribution in [1.82, 2.24) is 10.2 Å². The molecule has 5 nitrogen and oxygen atoms in total. The molecule has 1 N–H and O–H groups in total. The molecule has 1 saturated heterocycles. The van der Waals surface area contributed by atoms with E-state index in [4.69, 9.17) is 4.74 Å². The molecule has 1 heterocycles. The number of fused-ring (bicyclic) bond motifs is 1. The minimum absolute atomic E-state index is 0.179. The Morgan fingerprint density at radius 3 is 2.75 bits per heavy atom. The monoisotopic (exact) mass is 282 g/mol. The number of nitrogens with one attached hydrogen (secondary N) is 1. The number of amides is 2. The lowest BCUT2D eigenvalue weighted by atomic mass is 9.78. The summed E-state index contributed by atoms with van der Waals surface area (Å²) in [5.41, 5.74) is 0. The van der Waals surface area contributed by atoms with Crippen molar-refractivity contribution in [3.05, 3.63) is 0 Å². The molecule has 2 fully saturated rings.